The summed E-state index contributed by atoms with van der Waals surface area (Å²) in [4.78, 5) is 31.8. The summed E-state index contributed by atoms with van der Waals surface area (Å²) in [6, 6.07) is -0.361. The van der Waals surface area contributed by atoms with Crippen LogP contribution in [-0.4, -0.2) is 171 Å². The molecule has 2 unspecified atom stereocenters. The molecule has 0 aromatic heterocycles. The SMILES string of the molecule is CCCCCCC/C=C\CCCCCCCCN(CCCNC(=O)C(CCCNCCCN)NCCCC)CCOCCOCCN(CCCCCCCC/C=C\CCCCCCC)CCCNC(=O)C(CCCNCCCN)NCCCN. The molecule has 0 aromatic rings. The number of allylic oxidation sites excluding steroid dienone is 4. The molecule has 0 aliphatic carbocycles. The van der Waals surface area contributed by atoms with Gasteiger partial charge in [-0.2, -0.15) is 0 Å². The van der Waals surface area contributed by atoms with Gasteiger partial charge in [-0.3, -0.25) is 9.59 Å². The van der Waals surface area contributed by atoms with Gasteiger partial charge in [-0.15, -0.1) is 0 Å². The molecular formula is C69H143N11O4. The summed E-state index contributed by atoms with van der Waals surface area (Å²) in [7, 11) is 0. The van der Waals surface area contributed by atoms with Crippen molar-refractivity contribution in [2.24, 2.45) is 17.2 Å². The second kappa shape index (κ2) is 70.1. The number of carbonyl (C=O) groups is 2. The van der Waals surface area contributed by atoms with Crippen molar-refractivity contribution in [3.05, 3.63) is 24.3 Å². The monoisotopic (exact) mass is 1190 g/mol. The largest absolute Gasteiger partial charge is 0.378 e. The maximum absolute atomic E-state index is 13.4. The Bertz CT molecular complexity index is 1280. The first-order valence-corrected chi connectivity index (χ1v) is 35.9. The minimum atomic E-state index is -0.207. The maximum Gasteiger partial charge on any atom is 0.237 e. The Labute approximate surface area is 520 Å². The standard InChI is InChI=1S/C69H143N11O4/c1-4-7-10-12-14-16-18-20-22-24-26-28-30-32-34-56-79(58-41-54-77-68(81)66(75-52-9-6-3)43-36-48-73-50-38-45-70)60-62-83-64-65-84-63-61-80(57-35-33-31-29-27-25-23-21-19-17-15-13-11-8-5-2)59-42-55-78-69(82)67(76-53-40-47-72)44-37-49-74-51-39-46-71/h18-21,66-67,73-76H,4-17,22-65,70-72H2,1-3H3,(H,77,81)(H,78,82)/b20-18-,21-19-. The molecule has 498 valence electrons. The summed E-state index contributed by atoms with van der Waals surface area (Å²) in [5.74, 6) is 0.215. The molecule has 0 aliphatic heterocycles. The third-order valence-electron chi connectivity index (χ3n) is 16.0. The number of hydrogen-bond donors (Lipinski definition) is 9. The second-order valence-corrected chi connectivity index (χ2v) is 23.9. The third-order valence-corrected chi connectivity index (χ3v) is 16.0. The van der Waals surface area contributed by atoms with Gasteiger partial charge >= 0.3 is 0 Å². The number of carbonyl (C=O) groups excluding carboxylic acids is 2. The molecule has 0 spiro atoms. The minimum Gasteiger partial charge on any atom is -0.378 e. The summed E-state index contributed by atoms with van der Waals surface area (Å²) >= 11 is 0. The van der Waals surface area contributed by atoms with Crippen LogP contribution in [0.15, 0.2) is 24.3 Å². The van der Waals surface area contributed by atoms with E-state index in [0.29, 0.717) is 59.2 Å². The number of unbranched alkanes of at least 4 members (excludes halogenated alkanes) is 23. The number of nitrogens with zero attached hydrogens (tertiary/aromatic N) is 2. The lowest BCUT2D eigenvalue weighted by atomic mass is 10.1. The van der Waals surface area contributed by atoms with Crippen LogP contribution in [0.2, 0.25) is 0 Å². The van der Waals surface area contributed by atoms with Crippen LogP contribution in [0.4, 0.5) is 0 Å². The van der Waals surface area contributed by atoms with Crippen LogP contribution in [0.5, 0.6) is 0 Å². The number of hydrogen-bond acceptors (Lipinski definition) is 13. The van der Waals surface area contributed by atoms with Gasteiger partial charge in [0.15, 0.2) is 0 Å². The van der Waals surface area contributed by atoms with Gasteiger partial charge < -0.3 is 68.4 Å². The van der Waals surface area contributed by atoms with Gasteiger partial charge in [0.1, 0.15) is 0 Å². The fourth-order valence-electron chi connectivity index (χ4n) is 10.5. The van der Waals surface area contributed by atoms with Crippen molar-refractivity contribution in [1.29, 1.82) is 0 Å². The fourth-order valence-corrected chi connectivity index (χ4v) is 10.5. The van der Waals surface area contributed by atoms with Crippen LogP contribution in [0.3, 0.4) is 0 Å². The van der Waals surface area contributed by atoms with Crippen molar-refractivity contribution in [1.82, 2.24) is 41.7 Å². The van der Waals surface area contributed by atoms with Gasteiger partial charge in [-0.05, 0) is 213 Å². The molecule has 0 heterocycles. The highest BCUT2D eigenvalue weighted by Crippen LogP contribution is 2.13. The number of rotatable bonds is 71. The molecule has 0 rings (SSSR count). The van der Waals surface area contributed by atoms with Crippen LogP contribution in [0, 0.1) is 0 Å². The van der Waals surface area contributed by atoms with E-state index >= 15 is 0 Å². The first-order chi connectivity index (χ1) is 41.5. The molecule has 0 aromatic carbocycles. The summed E-state index contributed by atoms with van der Waals surface area (Å²) in [5, 5.41) is 20.4. The highest BCUT2D eigenvalue weighted by atomic mass is 16.5. The molecule has 0 bridgehead atoms. The average molecular weight is 1190 g/mol. The van der Waals surface area contributed by atoms with E-state index in [9.17, 15) is 9.59 Å². The van der Waals surface area contributed by atoms with E-state index in [1.165, 1.54) is 167 Å². The summed E-state index contributed by atoms with van der Waals surface area (Å²) in [5.41, 5.74) is 17.1. The zero-order valence-corrected chi connectivity index (χ0v) is 55.7. The molecule has 15 nitrogen and oxygen atoms in total. The van der Waals surface area contributed by atoms with E-state index in [-0.39, 0.29) is 23.9 Å². The van der Waals surface area contributed by atoms with E-state index in [4.69, 9.17) is 26.7 Å². The predicted octanol–water partition coefficient (Wildman–Crippen LogP) is 11.4. The van der Waals surface area contributed by atoms with Crippen LogP contribution in [0.1, 0.15) is 258 Å². The van der Waals surface area contributed by atoms with Gasteiger partial charge in [0, 0.05) is 26.2 Å². The van der Waals surface area contributed by atoms with Gasteiger partial charge in [0.05, 0.1) is 38.5 Å². The molecule has 0 saturated heterocycles. The number of nitrogens with two attached hydrogens (primary N) is 3. The van der Waals surface area contributed by atoms with E-state index in [1.807, 2.05) is 0 Å². The normalized spacial score (nSPS) is 12.7. The van der Waals surface area contributed by atoms with Crippen molar-refractivity contribution in [2.45, 2.75) is 270 Å². The number of nitrogens with one attached hydrogen (secondary N) is 6. The molecular weight excluding hydrogens is 1050 g/mol. The van der Waals surface area contributed by atoms with Crippen LogP contribution in [-0.2, 0) is 19.1 Å². The minimum absolute atomic E-state index is 0.0885. The molecule has 15 heteroatoms. The molecule has 2 atom stereocenters. The smallest absolute Gasteiger partial charge is 0.237 e. The quantitative estimate of drug-likeness (QED) is 0.0205. The maximum atomic E-state index is 13.4. The van der Waals surface area contributed by atoms with Gasteiger partial charge in [-0.25, -0.2) is 0 Å². The molecule has 0 fully saturated rings. The topological polar surface area (TPSA) is 209 Å². The number of ether oxygens (including phenoxy) is 2. The molecule has 0 radical (unpaired) electrons. The Morgan fingerprint density at radius 1 is 0.345 bits per heavy atom. The van der Waals surface area contributed by atoms with Gasteiger partial charge in [0.2, 0.25) is 11.8 Å². The Balaban J connectivity index is 5.20. The lowest BCUT2D eigenvalue weighted by molar-refractivity contribution is -0.124. The Hall–Kier alpha value is -2.02. The lowest BCUT2D eigenvalue weighted by Crippen LogP contribution is -2.45. The molecule has 2 amide bonds. The number of amides is 2. The van der Waals surface area contributed by atoms with Gasteiger partial charge in [-0.1, -0.05) is 154 Å². The van der Waals surface area contributed by atoms with Crippen molar-refractivity contribution in [3.8, 4) is 0 Å². The first-order valence-electron chi connectivity index (χ1n) is 35.9. The van der Waals surface area contributed by atoms with Crippen molar-refractivity contribution in [3.63, 3.8) is 0 Å². The lowest BCUT2D eigenvalue weighted by Gasteiger charge is -2.24. The summed E-state index contributed by atoms with van der Waals surface area (Å²) in [6.45, 7) is 23.6. The highest BCUT2D eigenvalue weighted by Gasteiger charge is 2.19. The van der Waals surface area contributed by atoms with Crippen LogP contribution >= 0.6 is 0 Å². The summed E-state index contributed by atoms with van der Waals surface area (Å²) in [6.07, 6.45) is 53.8. The zero-order valence-electron chi connectivity index (χ0n) is 55.7. The molecule has 12 N–H and O–H groups in total. The Morgan fingerprint density at radius 2 is 0.667 bits per heavy atom. The predicted molar refractivity (Wildman–Crippen MR) is 363 cm³/mol. The van der Waals surface area contributed by atoms with Crippen LogP contribution < -0.4 is 49.1 Å². The van der Waals surface area contributed by atoms with E-state index in [0.717, 1.165) is 149 Å². The third kappa shape index (κ3) is 60.3. The van der Waals surface area contributed by atoms with E-state index in [2.05, 4.69) is 86.8 Å². The van der Waals surface area contributed by atoms with Crippen molar-refractivity contribution < 1.29 is 19.1 Å². The molecule has 0 aliphatic rings. The van der Waals surface area contributed by atoms with E-state index in [1.54, 1.807) is 0 Å². The van der Waals surface area contributed by atoms with Crippen molar-refractivity contribution in [2.75, 3.05) is 138 Å². The summed E-state index contributed by atoms with van der Waals surface area (Å²) < 4.78 is 12.4. The van der Waals surface area contributed by atoms with Crippen LogP contribution in [0.25, 0.3) is 0 Å². The Kier molecular flexibility index (Phi) is 68.4. The second-order valence-electron chi connectivity index (χ2n) is 23.9. The fraction of sp³-hybridized carbons (Fsp3) is 0.913. The average Bonchev–Trinajstić information content (AvgIpc) is 3.50. The highest BCUT2D eigenvalue weighted by molar-refractivity contribution is 5.82. The zero-order chi connectivity index (χ0) is 61.0. The van der Waals surface area contributed by atoms with Gasteiger partial charge in [0.25, 0.3) is 0 Å². The molecule has 0 saturated carbocycles. The first kappa shape index (κ1) is 82.0. The Morgan fingerprint density at radius 3 is 1.05 bits per heavy atom. The van der Waals surface area contributed by atoms with E-state index < -0.39 is 0 Å². The molecule has 84 heavy (non-hydrogen) atoms. The van der Waals surface area contributed by atoms with Crippen molar-refractivity contribution >= 4 is 11.8 Å².